The Morgan fingerprint density at radius 2 is 1.78 bits per heavy atom. The fourth-order valence-electron chi connectivity index (χ4n) is 2.71. The maximum atomic E-state index is 5.46. The maximum absolute atomic E-state index is 5.46. The number of hydrogen-bond donors (Lipinski definition) is 0. The van der Waals surface area contributed by atoms with Crippen molar-refractivity contribution in [3.63, 3.8) is 0 Å². The predicted molar refractivity (Wildman–Crippen MR) is 101 cm³/mol. The largest absolute Gasteiger partial charge is 0.495 e. The van der Waals surface area contributed by atoms with Crippen LogP contribution in [0.3, 0.4) is 0 Å². The van der Waals surface area contributed by atoms with E-state index < -0.39 is 0 Å². The highest BCUT2D eigenvalue weighted by Crippen LogP contribution is 2.35. The number of benzene rings is 2. The Labute approximate surface area is 160 Å². The van der Waals surface area contributed by atoms with Crippen molar-refractivity contribution >= 4 is 11.8 Å². The zero-order chi connectivity index (χ0) is 18.6. The first kappa shape index (κ1) is 17.2. The molecule has 0 spiro atoms. The molecule has 9 heteroatoms. The van der Waals surface area contributed by atoms with Crippen molar-refractivity contribution < 1.29 is 4.74 Å². The fraction of sp³-hybridized carbons (Fsp3) is 0.167. The molecule has 0 saturated heterocycles. The molecule has 136 valence electrons. The van der Waals surface area contributed by atoms with Crippen molar-refractivity contribution in [2.24, 2.45) is 0 Å². The number of hydrogen-bond acceptors (Lipinski definition) is 7. The quantitative estimate of drug-likeness (QED) is 0.476. The van der Waals surface area contributed by atoms with E-state index in [2.05, 4.69) is 25.7 Å². The second-order valence-corrected chi connectivity index (χ2v) is 7.01. The predicted octanol–water partition coefficient (Wildman–Crippen LogP) is 3.10. The molecule has 4 rings (SSSR count). The summed E-state index contributed by atoms with van der Waals surface area (Å²) in [7, 11) is 1.65. The number of thioether (sulfide) groups is 1. The molecule has 2 heterocycles. The van der Waals surface area contributed by atoms with E-state index in [0.29, 0.717) is 0 Å². The lowest BCUT2D eigenvalue weighted by Gasteiger charge is -2.13. The van der Waals surface area contributed by atoms with Gasteiger partial charge in [0.05, 0.1) is 23.7 Å². The number of ether oxygens (including phenoxy) is 1. The SMILES string of the molecule is COc1ccccc1-n1cnnc1S[C@H](C)c1nnnn1-c1ccccc1. The molecule has 2 aromatic heterocycles. The summed E-state index contributed by atoms with van der Waals surface area (Å²) in [6.45, 7) is 2.04. The van der Waals surface area contributed by atoms with Crippen LogP contribution in [0.25, 0.3) is 11.4 Å². The number of aromatic nitrogens is 7. The van der Waals surface area contributed by atoms with Crippen LogP contribution < -0.4 is 4.74 Å². The summed E-state index contributed by atoms with van der Waals surface area (Å²) in [6.07, 6.45) is 1.67. The first-order chi connectivity index (χ1) is 13.3. The molecule has 2 aromatic carbocycles. The van der Waals surface area contributed by atoms with E-state index >= 15 is 0 Å². The molecular formula is C18H17N7OS. The van der Waals surface area contributed by atoms with Gasteiger partial charge in [0.2, 0.25) is 0 Å². The highest BCUT2D eigenvalue weighted by atomic mass is 32.2. The smallest absolute Gasteiger partial charge is 0.196 e. The minimum atomic E-state index is -0.0436. The van der Waals surface area contributed by atoms with E-state index in [-0.39, 0.29) is 5.25 Å². The van der Waals surface area contributed by atoms with Gasteiger partial charge in [-0.2, -0.15) is 4.68 Å². The van der Waals surface area contributed by atoms with Crippen LogP contribution in [0.15, 0.2) is 66.1 Å². The van der Waals surface area contributed by atoms with Gasteiger partial charge >= 0.3 is 0 Å². The van der Waals surface area contributed by atoms with Gasteiger partial charge in [-0.15, -0.1) is 15.3 Å². The summed E-state index contributed by atoms with van der Waals surface area (Å²) >= 11 is 1.53. The van der Waals surface area contributed by atoms with Crippen molar-refractivity contribution in [3.8, 4) is 17.1 Å². The Morgan fingerprint density at radius 1 is 1.00 bits per heavy atom. The highest BCUT2D eigenvalue weighted by Gasteiger charge is 2.21. The molecule has 0 aliphatic carbocycles. The van der Waals surface area contributed by atoms with Gasteiger partial charge in [0.1, 0.15) is 12.1 Å². The van der Waals surface area contributed by atoms with Gasteiger partial charge in [-0.1, -0.05) is 42.1 Å². The van der Waals surface area contributed by atoms with Gasteiger partial charge in [-0.05, 0) is 41.6 Å². The van der Waals surface area contributed by atoms with Crippen LogP contribution in [0.1, 0.15) is 18.0 Å². The number of methoxy groups -OCH3 is 1. The van der Waals surface area contributed by atoms with Crippen molar-refractivity contribution in [1.82, 2.24) is 35.0 Å². The molecule has 0 saturated carbocycles. The third kappa shape index (κ3) is 3.41. The van der Waals surface area contributed by atoms with Crippen LogP contribution in [0, 0.1) is 0 Å². The van der Waals surface area contributed by atoms with E-state index in [1.165, 1.54) is 11.8 Å². The zero-order valence-corrected chi connectivity index (χ0v) is 15.6. The molecular weight excluding hydrogens is 362 g/mol. The maximum Gasteiger partial charge on any atom is 0.196 e. The van der Waals surface area contributed by atoms with Gasteiger partial charge in [-0.25, -0.2) is 0 Å². The number of para-hydroxylation sites is 3. The zero-order valence-electron chi connectivity index (χ0n) is 14.8. The highest BCUT2D eigenvalue weighted by molar-refractivity contribution is 7.99. The van der Waals surface area contributed by atoms with Gasteiger partial charge < -0.3 is 4.74 Å². The summed E-state index contributed by atoms with van der Waals surface area (Å²) in [5, 5.41) is 21.2. The van der Waals surface area contributed by atoms with Gasteiger partial charge in [0, 0.05) is 0 Å². The summed E-state index contributed by atoms with van der Waals surface area (Å²) < 4.78 is 9.09. The Morgan fingerprint density at radius 3 is 2.59 bits per heavy atom. The average Bonchev–Trinajstić information content (AvgIpc) is 3.38. The van der Waals surface area contributed by atoms with E-state index in [4.69, 9.17) is 4.74 Å². The molecule has 0 N–H and O–H groups in total. The summed E-state index contributed by atoms with van der Waals surface area (Å²) in [5.41, 5.74) is 1.79. The van der Waals surface area contributed by atoms with Crippen LogP contribution in [-0.4, -0.2) is 42.1 Å². The van der Waals surface area contributed by atoms with Gasteiger partial charge in [-0.3, -0.25) is 4.57 Å². The Balaban J connectivity index is 1.64. The first-order valence-electron chi connectivity index (χ1n) is 8.31. The molecule has 0 bridgehead atoms. The number of nitrogens with zero attached hydrogens (tertiary/aromatic N) is 7. The lowest BCUT2D eigenvalue weighted by atomic mass is 10.3. The number of rotatable bonds is 6. The molecule has 0 aliphatic rings. The van der Waals surface area contributed by atoms with Gasteiger partial charge in [0.25, 0.3) is 0 Å². The Bertz CT molecular complexity index is 1030. The lowest BCUT2D eigenvalue weighted by molar-refractivity contribution is 0.412. The molecule has 0 unspecified atom stereocenters. The second-order valence-electron chi connectivity index (χ2n) is 5.70. The van der Waals surface area contributed by atoms with E-state index in [1.54, 1.807) is 18.1 Å². The second kappa shape index (κ2) is 7.58. The summed E-state index contributed by atoms with van der Waals surface area (Å²) in [6, 6.07) is 17.5. The normalized spacial score (nSPS) is 12.1. The molecule has 0 fully saturated rings. The van der Waals surface area contributed by atoms with Crippen molar-refractivity contribution in [2.75, 3.05) is 7.11 Å². The number of tetrazole rings is 1. The first-order valence-corrected chi connectivity index (χ1v) is 9.19. The molecule has 27 heavy (non-hydrogen) atoms. The minimum Gasteiger partial charge on any atom is -0.495 e. The molecule has 1 atom stereocenters. The van der Waals surface area contributed by atoms with Gasteiger partial charge in [0.15, 0.2) is 11.0 Å². The Kier molecular flexibility index (Phi) is 4.84. The van der Waals surface area contributed by atoms with Crippen molar-refractivity contribution in [3.05, 3.63) is 66.7 Å². The van der Waals surface area contributed by atoms with Crippen LogP contribution in [0.2, 0.25) is 0 Å². The third-order valence-corrected chi connectivity index (χ3v) is 5.05. The van der Waals surface area contributed by atoms with Crippen LogP contribution in [-0.2, 0) is 0 Å². The molecule has 0 amide bonds. The standard InChI is InChI=1S/C18H17N7OS/c1-13(17-20-22-23-25(17)14-8-4-3-5-9-14)27-18-21-19-12-24(18)15-10-6-7-11-16(15)26-2/h3-13H,1-2H3/t13-/m1/s1. The van der Waals surface area contributed by atoms with E-state index in [1.807, 2.05) is 66.1 Å². The van der Waals surface area contributed by atoms with Crippen LogP contribution >= 0.6 is 11.8 Å². The van der Waals surface area contributed by atoms with Crippen LogP contribution in [0.4, 0.5) is 0 Å². The van der Waals surface area contributed by atoms with E-state index in [9.17, 15) is 0 Å². The topological polar surface area (TPSA) is 83.5 Å². The lowest BCUT2D eigenvalue weighted by Crippen LogP contribution is -2.06. The minimum absolute atomic E-state index is 0.0436. The Hall–Kier alpha value is -3.20. The molecule has 0 radical (unpaired) electrons. The van der Waals surface area contributed by atoms with Crippen molar-refractivity contribution in [2.45, 2.75) is 17.3 Å². The summed E-state index contributed by atoms with van der Waals surface area (Å²) in [5.74, 6) is 1.49. The van der Waals surface area contributed by atoms with Crippen LogP contribution in [0.5, 0.6) is 5.75 Å². The van der Waals surface area contributed by atoms with Crippen molar-refractivity contribution in [1.29, 1.82) is 0 Å². The average molecular weight is 379 g/mol. The third-order valence-electron chi connectivity index (χ3n) is 4.00. The molecule has 8 nitrogen and oxygen atoms in total. The molecule has 4 aromatic rings. The fourth-order valence-corrected chi connectivity index (χ4v) is 3.63. The van der Waals surface area contributed by atoms with E-state index in [0.717, 1.165) is 28.1 Å². The molecule has 0 aliphatic heterocycles. The summed E-state index contributed by atoms with van der Waals surface area (Å²) in [4.78, 5) is 0. The monoisotopic (exact) mass is 379 g/mol.